The van der Waals surface area contributed by atoms with E-state index in [0.29, 0.717) is 48.1 Å². The van der Waals surface area contributed by atoms with E-state index in [1.54, 1.807) is 71.2 Å². The fourth-order valence-electron chi connectivity index (χ4n) is 5.23. The average Bonchev–Trinajstić information content (AvgIpc) is 3.76. The van der Waals surface area contributed by atoms with Crippen molar-refractivity contribution < 1.29 is 19.1 Å². The number of hydrogen-bond acceptors (Lipinski definition) is 7. The van der Waals surface area contributed by atoms with Crippen molar-refractivity contribution in [2.24, 2.45) is 14.1 Å². The average molecular weight is 638 g/mol. The van der Waals surface area contributed by atoms with Crippen LogP contribution in [0.5, 0.6) is 0 Å². The Bertz CT molecular complexity index is 1860. The number of hydrogen-bond donors (Lipinski definition) is 3. The first-order valence-corrected chi connectivity index (χ1v) is 15.8. The minimum Gasteiger partial charge on any atom is -0.379 e. The number of nitrogens with zero attached hydrogens (tertiary/aromatic N) is 4. The molecule has 1 saturated heterocycles. The van der Waals surface area contributed by atoms with Gasteiger partial charge in [0.25, 0.3) is 17.7 Å². The lowest BCUT2D eigenvalue weighted by atomic mass is 10.1. The van der Waals surface area contributed by atoms with Gasteiger partial charge < -0.3 is 29.8 Å². The van der Waals surface area contributed by atoms with Gasteiger partial charge in [-0.05, 0) is 48.0 Å². The van der Waals surface area contributed by atoms with Crippen molar-refractivity contribution in [2.75, 3.05) is 50.0 Å². The van der Waals surface area contributed by atoms with Crippen LogP contribution in [-0.4, -0.2) is 76.1 Å². The minimum atomic E-state index is -0.364. The monoisotopic (exact) mass is 637 g/mol. The number of morpholine rings is 1. The molecule has 0 unspecified atom stereocenters. The lowest BCUT2D eigenvalue weighted by Gasteiger charge is -2.26. The van der Waals surface area contributed by atoms with Gasteiger partial charge >= 0.3 is 0 Å². The van der Waals surface area contributed by atoms with Gasteiger partial charge in [-0.25, -0.2) is 4.98 Å². The molecule has 2 aromatic carbocycles. The number of thiazole rings is 1. The van der Waals surface area contributed by atoms with Gasteiger partial charge in [-0.15, -0.1) is 11.3 Å². The Labute approximate surface area is 270 Å². The highest BCUT2D eigenvalue weighted by Gasteiger charge is 2.18. The lowest BCUT2D eigenvalue weighted by Crippen LogP contribution is -2.41. The minimum absolute atomic E-state index is 0.211. The summed E-state index contributed by atoms with van der Waals surface area (Å²) < 4.78 is 9.82. The van der Waals surface area contributed by atoms with E-state index in [1.165, 1.54) is 0 Å². The third kappa shape index (κ3) is 7.42. The van der Waals surface area contributed by atoms with Crippen molar-refractivity contribution in [3.63, 3.8) is 0 Å². The lowest BCUT2D eigenvalue weighted by molar-refractivity contribution is 0.0383. The number of para-hydroxylation sites is 1. The van der Waals surface area contributed by atoms with Crippen molar-refractivity contribution in [3.8, 4) is 0 Å². The first kappa shape index (κ1) is 31.0. The van der Waals surface area contributed by atoms with Crippen LogP contribution < -0.4 is 16.0 Å². The van der Waals surface area contributed by atoms with Crippen LogP contribution in [0.15, 0.2) is 73.1 Å². The topological polar surface area (TPSA) is 123 Å². The van der Waals surface area contributed by atoms with Crippen LogP contribution >= 0.6 is 11.3 Å². The molecule has 0 aliphatic carbocycles. The molecule has 0 saturated carbocycles. The highest BCUT2D eigenvalue weighted by molar-refractivity contribution is 7.19. The van der Waals surface area contributed by atoms with Gasteiger partial charge in [-0.1, -0.05) is 30.3 Å². The Morgan fingerprint density at radius 2 is 1.50 bits per heavy atom. The Hall–Kier alpha value is -5.04. The summed E-state index contributed by atoms with van der Waals surface area (Å²) in [5, 5.41) is 9.58. The van der Waals surface area contributed by atoms with Crippen LogP contribution in [0.25, 0.3) is 22.4 Å². The van der Waals surface area contributed by atoms with Crippen LogP contribution in [0.1, 0.15) is 41.9 Å². The van der Waals surface area contributed by atoms with E-state index in [0.717, 1.165) is 40.4 Å². The summed E-state index contributed by atoms with van der Waals surface area (Å²) in [7, 11) is 3.49. The second-order valence-electron chi connectivity index (χ2n) is 11.0. The molecule has 11 nitrogen and oxygen atoms in total. The fraction of sp³-hybridized carbons (Fsp3) is 0.235. The zero-order valence-corrected chi connectivity index (χ0v) is 26.5. The van der Waals surface area contributed by atoms with Gasteiger partial charge in [0.2, 0.25) is 0 Å². The Morgan fingerprint density at radius 3 is 2.20 bits per heavy atom. The number of aryl methyl sites for hydroxylation is 2. The van der Waals surface area contributed by atoms with E-state index in [2.05, 4.69) is 31.9 Å². The van der Waals surface area contributed by atoms with Crippen molar-refractivity contribution in [1.29, 1.82) is 0 Å². The molecule has 3 amide bonds. The molecule has 4 heterocycles. The van der Waals surface area contributed by atoms with Crippen molar-refractivity contribution in [2.45, 2.75) is 0 Å². The predicted molar refractivity (Wildman–Crippen MR) is 181 cm³/mol. The van der Waals surface area contributed by atoms with Gasteiger partial charge in [0.05, 0.1) is 34.8 Å². The summed E-state index contributed by atoms with van der Waals surface area (Å²) in [6, 6.07) is 18.6. The Kier molecular flexibility index (Phi) is 9.38. The molecule has 3 N–H and O–H groups in total. The van der Waals surface area contributed by atoms with Crippen molar-refractivity contribution in [3.05, 3.63) is 101 Å². The number of fused-ring (bicyclic) bond motifs is 1. The third-order valence-corrected chi connectivity index (χ3v) is 8.71. The maximum atomic E-state index is 13.1. The molecule has 1 fully saturated rings. The SMILES string of the molecule is Cn1cc(NC(=O)c2cc(NC(=O)c3ccc(/C=C/c4nc5ccccc5s4)cc3)cn2C)cc1C(=O)NCCN1CCOCC1. The second-order valence-corrected chi connectivity index (χ2v) is 12.1. The molecule has 46 heavy (non-hydrogen) atoms. The van der Waals surface area contributed by atoms with Crippen LogP contribution in [0.3, 0.4) is 0 Å². The molecule has 1 aliphatic rings. The quantitative estimate of drug-likeness (QED) is 0.204. The molecular formula is C34H35N7O4S. The van der Waals surface area contributed by atoms with Crippen LogP contribution in [0.4, 0.5) is 11.4 Å². The Balaban J connectivity index is 1.02. The number of nitrogens with one attached hydrogen (secondary N) is 3. The molecule has 12 heteroatoms. The second kappa shape index (κ2) is 13.9. The van der Waals surface area contributed by atoms with E-state index < -0.39 is 0 Å². The molecular weight excluding hydrogens is 602 g/mol. The van der Waals surface area contributed by atoms with E-state index in [1.807, 2.05) is 42.5 Å². The van der Waals surface area contributed by atoms with Crippen LogP contribution in [0, 0.1) is 0 Å². The number of carbonyl (C=O) groups excluding carboxylic acids is 3. The molecule has 236 valence electrons. The van der Waals surface area contributed by atoms with Crippen LogP contribution in [-0.2, 0) is 18.8 Å². The molecule has 0 bridgehead atoms. The smallest absolute Gasteiger partial charge is 0.272 e. The van der Waals surface area contributed by atoms with Gasteiger partial charge in [0.15, 0.2) is 0 Å². The number of rotatable bonds is 10. The molecule has 5 aromatic rings. The largest absolute Gasteiger partial charge is 0.379 e. The maximum Gasteiger partial charge on any atom is 0.272 e. The van der Waals surface area contributed by atoms with E-state index in [-0.39, 0.29) is 17.7 Å². The number of benzene rings is 2. The highest BCUT2D eigenvalue weighted by Crippen LogP contribution is 2.23. The van der Waals surface area contributed by atoms with Gasteiger partial charge in [-0.3, -0.25) is 19.3 Å². The van der Waals surface area contributed by atoms with Gasteiger partial charge in [-0.2, -0.15) is 0 Å². The number of ether oxygens (including phenoxy) is 1. The number of aromatic nitrogens is 3. The zero-order chi connectivity index (χ0) is 32.0. The number of amides is 3. The predicted octanol–water partition coefficient (Wildman–Crippen LogP) is 4.71. The molecule has 0 atom stereocenters. The standard InChI is InChI=1S/C34H35N7O4S/c1-39-22-26(19-28(39)33(43)35-13-14-41-15-17-45-18-16-41)37-34(44)29-20-25(21-40(29)2)36-32(42)24-10-7-23(8-11-24)9-12-31-38-27-5-3-4-6-30(27)46-31/h3-12,19-22H,13-18H2,1-2H3,(H,35,43)(H,36,42)(H,37,44)/b12-9+. The first-order chi connectivity index (χ1) is 22.3. The summed E-state index contributed by atoms with van der Waals surface area (Å²) in [6.07, 6.45) is 7.31. The molecule has 1 aliphatic heterocycles. The van der Waals surface area contributed by atoms with Gasteiger partial charge in [0.1, 0.15) is 16.4 Å². The number of carbonyl (C=O) groups is 3. The summed E-state index contributed by atoms with van der Waals surface area (Å²) in [5.41, 5.74) is 4.20. The number of anilines is 2. The third-order valence-electron chi connectivity index (χ3n) is 7.71. The van der Waals surface area contributed by atoms with Crippen molar-refractivity contribution >= 4 is 62.8 Å². The van der Waals surface area contributed by atoms with E-state index in [9.17, 15) is 14.4 Å². The first-order valence-electron chi connectivity index (χ1n) is 15.0. The van der Waals surface area contributed by atoms with E-state index >= 15 is 0 Å². The molecule has 3 aromatic heterocycles. The summed E-state index contributed by atoms with van der Waals surface area (Å²) in [6.45, 7) is 4.42. The molecule has 0 spiro atoms. The van der Waals surface area contributed by atoms with Gasteiger partial charge in [0, 0.05) is 58.2 Å². The zero-order valence-electron chi connectivity index (χ0n) is 25.7. The summed E-state index contributed by atoms with van der Waals surface area (Å²) in [5.74, 6) is -0.860. The Morgan fingerprint density at radius 1 is 0.848 bits per heavy atom. The van der Waals surface area contributed by atoms with Crippen molar-refractivity contribution in [1.82, 2.24) is 24.3 Å². The highest BCUT2D eigenvalue weighted by atomic mass is 32.1. The summed E-state index contributed by atoms with van der Waals surface area (Å²) >= 11 is 1.63. The maximum absolute atomic E-state index is 13.1. The molecule has 6 rings (SSSR count). The summed E-state index contributed by atoms with van der Waals surface area (Å²) in [4.78, 5) is 45.7. The van der Waals surface area contributed by atoms with E-state index in [4.69, 9.17) is 4.74 Å². The normalized spacial score (nSPS) is 13.7. The van der Waals surface area contributed by atoms with Crippen LogP contribution in [0.2, 0.25) is 0 Å². The fourth-order valence-corrected chi connectivity index (χ4v) is 6.10. The molecule has 0 radical (unpaired) electrons.